The highest BCUT2D eigenvalue weighted by Gasteiger charge is 2.52. The Labute approximate surface area is 342 Å². The van der Waals surface area contributed by atoms with E-state index in [1.165, 1.54) is 29.1 Å². The summed E-state index contributed by atoms with van der Waals surface area (Å²) in [4.78, 5) is 44.5. The van der Waals surface area contributed by atoms with E-state index in [0.29, 0.717) is 77.7 Å². The number of rotatable bonds is 6. The average Bonchev–Trinajstić information content (AvgIpc) is 3.92. The van der Waals surface area contributed by atoms with Gasteiger partial charge in [-0.2, -0.15) is 20.1 Å². The van der Waals surface area contributed by atoms with Crippen LogP contribution in [0.5, 0.6) is 6.01 Å². The molecule has 0 radical (unpaired) electrons. The van der Waals surface area contributed by atoms with Crippen molar-refractivity contribution in [3.63, 3.8) is 0 Å². The second-order valence-electron chi connectivity index (χ2n) is 16.4. The number of aromatic nitrogens is 8. The molecule has 1 amide bonds. The van der Waals surface area contributed by atoms with Gasteiger partial charge in [0.1, 0.15) is 41.1 Å². The number of imidazole rings is 1. The van der Waals surface area contributed by atoms with Crippen LogP contribution in [0, 0.1) is 24.4 Å². The van der Waals surface area contributed by atoms with Gasteiger partial charge >= 0.3 is 6.01 Å². The Morgan fingerprint density at radius 3 is 2.55 bits per heavy atom. The van der Waals surface area contributed by atoms with Crippen molar-refractivity contribution in [2.24, 2.45) is 0 Å². The highest BCUT2D eigenvalue weighted by molar-refractivity contribution is 5.94. The van der Waals surface area contributed by atoms with Gasteiger partial charge in [0, 0.05) is 62.6 Å². The Bertz CT molecular complexity index is 2660. The fourth-order valence-corrected chi connectivity index (χ4v) is 9.76. The molecule has 60 heavy (non-hydrogen) atoms. The SMILES string of the molecule is CCO[C@H]1CN(C)C(=O)[C@@H]2CC(CN2c2nc(N3[C@@H]4C[C@H]3CC(O)(CC)C4)nc3c2cnn3-c2ccc(F)cc2F)Oc2nccc(n2)-c2cc(F)cc3nc(C)n(c23)C1. The third-order valence-corrected chi connectivity index (χ3v) is 12.6. The number of nitrogens with zero attached hydrogens (tertiary/aromatic N) is 11. The summed E-state index contributed by atoms with van der Waals surface area (Å²) in [6, 6.07) is 6.94. The smallest absolute Gasteiger partial charge is 0.317 e. The molecule has 1 saturated carbocycles. The molecule has 10 rings (SSSR count). The summed E-state index contributed by atoms with van der Waals surface area (Å²) >= 11 is 0. The molecular formula is C42H44F3N11O4. The quantitative estimate of drug-likeness (QED) is 0.237. The van der Waals surface area contributed by atoms with E-state index in [1.54, 1.807) is 24.2 Å². The minimum absolute atomic E-state index is 0.00607. The first-order valence-electron chi connectivity index (χ1n) is 20.4. The summed E-state index contributed by atoms with van der Waals surface area (Å²) in [5.41, 5.74) is 1.55. The minimum atomic E-state index is -0.823. The zero-order chi connectivity index (χ0) is 41.6. The molecule has 3 fully saturated rings. The monoisotopic (exact) mass is 823 g/mol. The summed E-state index contributed by atoms with van der Waals surface area (Å²) in [6.45, 7) is 6.81. The Morgan fingerprint density at radius 2 is 1.78 bits per heavy atom. The fraction of sp³-hybridized carbons (Fsp3) is 0.452. The van der Waals surface area contributed by atoms with Crippen LogP contribution in [0.3, 0.4) is 0 Å². The predicted octanol–water partition coefficient (Wildman–Crippen LogP) is 5.13. The van der Waals surface area contributed by atoms with Gasteiger partial charge in [-0.15, -0.1) is 0 Å². The van der Waals surface area contributed by atoms with E-state index in [2.05, 4.69) is 20.0 Å². The molecule has 4 aromatic heterocycles. The van der Waals surface area contributed by atoms with Gasteiger partial charge in [-0.1, -0.05) is 6.92 Å². The molecule has 0 spiro atoms. The van der Waals surface area contributed by atoms with Crippen LogP contribution in [-0.2, 0) is 16.1 Å². The van der Waals surface area contributed by atoms with Gasteiger partial charge in [-0.3, -0.25) is 4.79 Å². The van der Waals surface area contributed by atoms with Crippen LogP contribution in [0.25, 0.3) is 39.0 Å². The molecule has 1 aliphatic carbocycles. The molecule has 18 heteroatoms. The van der Waals surface area contributed by atoms with E-state index in [0.717, 1.165) is 18.6 Å². The van der Waals surface area contributed by atoms with Crippen LogP contribution in [-0.4, -0.2) is 118 Å². The second kappa shape index (κ2) is 14.4. The predicted molar refractivity (Wildman–Crippen MR) is 214 cm³/mol. The number of ether oxygens (including phenoxy) is 2. The van der Waals surface area contributed by atoms with Gasteiger partial charge in [-0.05, 0) is 63.8 Å². The van der Waals surface area contributed by atoms with Crippen LogP contribution < -0.4 is 14.5 Å². The summed E-state index contributed by atoms with van der Waals surface area (Å²) < 4.78 is 60.7. The topological polar surface area (TPSA) is 153 Å². The third-order valence-electron chi connectivity index (χ3n) is 12.6. The van der Waals surface area contributed by atoms with Gasteiger partial charge < -0.3 is 33.8 Å². The maximum atomic E-state index is 15.4. The number of amides is 1. The van der Waals surface area contributed by atoms with Crippen molar-refractivity contribution in [3.05, 3.63) is 72.1 Å². The Morgan fingerprint density at radius 1 is 0.967 bits per heavy atom. The number of carbonyl (C=O) groups excluding carboxylic acids is 1. The first kappa shape index (κ1) is 38.3. The lowest BCUT2D eigenvalue weighted by atomic mass is 9.70. The molecule has 6 atom stereocenters. The number of piperidine rings is 1. The van der Waals surface area contributed by atoms with Gasteiger partial charge in [-0.25, -0.2) is 27.8 Å². The van der Waals surface area contributed by atoms with Crippen LogP contribution in [0.4, 0.5) is 24.9 Å². The van der Waals surface area contributed by atoms with Crippen molar-refractivity contribution in [3.8, 4) is 23.0 Å². The van der Waals surface area contributed by atoms with Crippen LogP contribution in [0.15, 0.2) is 48.8 Å². The number of likely N-dealkylation sites (N-methyl/N-ethyl adjacent to an activating group) is 1. The largest absolute Gasteiger partial charge is 0.458 e. The average molecular weight is 824 g/mol. The number of halogens is 3. The number of carbonyl (C=O) groups is 1. The van der Waals surface area contributed by atoms with Gasteiger partial charge in [0.2, 0.25) is 11.9 Å². The van der Waals surface area contributed by atoms with Crippen LogP contribution >= 0.6 is 0 Å². The van der Waals surface area contributed by atoms with E-state index in [1.807, 2.05) is 30.2 Å². The number of anilines is 2. The zero-order valence-corrected chi connectivity index (χ0v) is 33.6. The van der Waals surface area contributed by atoms with Crippen molar-refractivity contribution >= 4 is 39.7 Å². The molecule has 3 aliphatic heterocycles. The fourth-order valence-electron chi connectivity index (χ4n) is 9.76. The first-order chi connectivity index (χ1) is 28.9. The van der Waals surface area contributed by atoms with Crippen molar-refractivity contribution in [2.75, 3.05) is 36.5 Å². The lowest BCUT2D eigenvalue weighted by molar-refractivity contribution is -0.133. The van der Waals surface area contributed by atoms with E-state index in [4.69, 9.17) is 24.4 Å². The van der Waals surface area contributed by atoms with Gasteiger partial charge in [0.15, 0.2) is 11.5 Å². The molecule has 15 nitrogen and oxygen atoms in total. The molecule has 1 N–H and O–H groups in total. The number of hydrogen-bond donors (Lipinski definition) is 1. The summed E-state index contributed by atoms with van der Waals surface area (Å²) in [7, 11) is 1.73. The van der Waals surface area contributed by atoms with Crippen molar-refractivity contribution in [1.82, 2.24) is 44.2 Å². The maximum Gasteiger partial charge on any atom is 0.317 e. The van der Waals surface area contributed by atoms with E-state index >= 15 is 8.78 Å². The standard InChI is InChI=1S/C42H44F3N11O4/c1-5-42(58)16-25-14-26(17-42)55(25)40-50-37(30-18-47-56(38(30)51-40)34-8-7-23(43)12-31(34)45)54-20-27-15-35(54)39(57)52(4)19-28(59-6-2)21-53-22(3)48-33-13-24(44)11-29(36(33)53)32-9-10-46-41(49-32)60-27/h7-13,18,25-28,35,58H,5-6,14-17,19-21H2,1-4H3/t25-,26+,27?,28-,35-,42?/m0/s1. The second-order valence-corrected chi connectivity index (χ2v) is 16.4. The number of aryl methyl sites for hydroxylation is 1. The molecule has 6 bridgehead atoms. The first-order valence-corrected chi connectivity index (χ1v) is 20.4. The Hall–Kier alpha value is -5.88. The van der Waals surface area contributed by atoms with Gasteiger partial charge in [0.25, 0.3) is 0 Å². The molecule has 7 heterocycles. The molecule has 2 saturated heterocycles. The zero-order valence-electron chi connectivity index (χ0n) is 33.6. The van der Waals surface area contributed by atoms with Crippen molar-refractivity contribution in [1.29, 1.82) is 0 Å². The van der Waals surface area contributed by atoms with Crippen LogP contribution in [0.2, 0.25) is 0 Å². The lowest BCUT2D eigenvalue weighted by Crippen LogP contribution is -2.66. The number of hydrogen-bond acceptors (Lipinski definition) is 12. The van der Waals surface area contributed by atoms with Crippen LogP contribution in [0.1, 0.15) is 51.8 Å². The Kier molecular flexibility index (Phi) is 9.20. The number of aliphatic hydroxyl groups is 1. The molecular weight excluding hydrogens is 780 g/mol. The lowest BCUT2D eigenvalue weighted by Gasteiger charge is -2.58. The van der Waals surface area contributed by atoms with Crippen molar-refractivity contribution < 1.29 is 32.5 Å². The van der Waals surface area contributed by atoms with E-state index < -0.39 is 41.3 Å². The maximum absolute atomic E-state index is 15.4. The molecule has 2 aromatic carbocycles. The summed E-state index contributed by atoms with van der Waals surface area (Å²) in [5.74, 6) is -0.855. The van der Waals surface area contributed by atoms with E-state index in [9.17, 15) is 14.3 Å². The third kappa shape index (κ3) is 6.38. The number of fused-ring (bicyclic) bond motifs is 8. The number of benzene rings is 2. The summed E-state index contributed by atoms with van der Waals surface area (Å²) in [6.07, 6.45) is 4.77. The molecule has 6 aromatic rings. The Balaban J connectivity index is 1.10. The van der Waals surface area contributed by atoms with E-state index in [-0.39, 0.29) is 54.8 Å². The van der Waals surface area contributed by atoms with Gasteiger partial charge in [0.05, 0.1) is 53.1 Å². The molecule has 2 unspecified atom stereocenters. The minimum Gasteiger partial charge on any atom is -0.458 e. The highest BCUT2D eigenvalue weighted by atomic mass is 19.1. The van der Waals surface area contributed by atoms with Crippen molar-refractivity contribution in [2.45, 2.75) is 95.4 Å². The molecule has 4 aliphatic rings. The normalized spacial score (nSPS) is 25.4. The highest BCUT2D eigenvalue weighted by Crippen LogP contribution is 2.47. The molecule has 312 valence electrons. The summed E-state index contributed by atoms with van der Waals surface area (Å²) in [5, 5.41) is 16.2.